The minimum Gasteiger partial charge on any atom is -0.352 e. The van der Waals surface area contributed by atoms with Gasteiger partial charge < -0.3 is 10.6 Å². The third kappa shape index (κ3) is 3.53. The van der Waals surface area contributed by atoms with Crippen molar-refractivity contribution in [1.82, 2.24) is 15.6 Å². The highest BCUT2D eigenvalue weighted by Crippen LogP contribution is 2.25. The van der Waals surface area contributed by atoms with Gasteiger partial charge in [-0.25, -0.2) is 4.98 Å². The van der Waals surface area contributed by atoms with Gasteiger partial charge in [0, 0.05) is 36.3 Å². The summed E-state index contributed by atoms with van der Waals surface area (Å²) < 4.78 is 0. The summed E-state index contributed by atoms with van der Waals surface area (Å²) >= 11 is 1.72. The largest absolute Gasteiger partial charge is 0.352 e. The summed E-state index contributed by atoms with van der Waals surface area (Å²) in [5.41, 5.74) is 1.22. The highest BCUT2D eigenvalue weighted by Gasteiger charge is 2.20. The molecule has 2 rings (SSSR count). The van der Waals surface area contributed by atoms with Crippen molar-refractivity contribution in [3.05, 3.63) is 16.1 Å². The van der Waals surface area contributed by atoms with Gasteiger partial charge in [0.1, 0.15) is 0 Å². The molecule has 100 valence electrons. The van der Waals surface area contributed by atoms with E-state index >= 15 is 0 Å². The first-order valence-electron chi connectivity index (χ1n) is 6.40. The zero-order valence-corrected chi connectivity index (χ0v) is 12.1. The van der Waals surface area contributed by atoms with E-state index in [9.17, 15) is 4.79 Å². The lowest BCUT2D eigenvalue weighted by molar-refractivity contribution is -0.119. The molecule has 0 radical (unpaired) electrons. The van der Waals surface area contributed by atoms with Gasteiger partial charge in [-0.2, -0.15) is 0 Å². The van der Waals surface area contributed by atoms with Gasteiger partial charge in [-0.05, 0) is 6.42 Å². The second kappa shape index (κ2) is 5.36. The number of thiazole rings is 1. The minimum absolute atomic E-state index is 0.127. The Kier molecular flexibility index (Phi) is 4.02. The Morgan fingerprint density at radius 1 is 1.56 bits per heavy atom. The molecular weight excluding hydrogens is 246 g/mol. The van der Waals surface area contributed by atoms with Crippen molar-refractivity contribution in [2.45, 2.75) is 51.6 Å². The van der Waals surface area contributed by atoms with Gasteiger partial charge in [0.2, 0.25) is 5.91 Å². The zero-order chi connectivity index (χ0) is 13.2. The van der Waals surface area contributed by atoms with Crippen LogP contribution in [-0.2, 0) is 16.8 Å². The van der Waals surface area contributed by atoms with Crippen LogP contribution in [0, 0.1) is 0 Å². The normalized spacial score (nSPS) is 20.2. The highest BCUT2D eigenvalue weighted by atomic mass is 32.1. The highest BCUT2D eigenvalue weighted by molar-refractivity contribution is 7.09. The van der Waals surface area contributed by atoms with E-state index in [-0.39, 0.29) is 11.3 Å². The molecule has 1 fully saturated rings. The Hall–Kier alpha value is -0.940. The van der Waals surface area contributed by atoms with E-state index < -0.39 is 0 Å². The van der Waals surface area contributed by atoms with Gasteiger partial charge in [0.05, 0.1) is 10.7 Å². The average molecular weight is 267 g/mol. The standard InChI is InChI=1S/C13H21N3OS/c1-13(2,3)12-16-10(8-18-12)7-14-6-9-4-5-11(17)15-9/h8-9,14H,4-7H2,1-3H3,(H,15,17). The maximum absolute atomic E-state index is 11.1. The number of amides is 1. The van der Waals surface area contributed by atoms with Crippen molar-refractivity contribution in [3.63, 3.8) is 0 Å². The Balaban J connectivity index is 1.77. The maximum atomic E-state index is 11.1. The van der Waals surface area contributed by atoms with Crippen molar-refractivity contribution in [3.8, 4) is 0 Å². The van der Waals surface area contributed by atoms with Crippen LogP contribution in [0.3, 0.4) is 0 Å². The van der Waals surface area contributed by atoms with E-state index in [1.165, 1.54) is 5.01 Å². The number of hydrogen-bond donors (Lipinski definition) is 2. The summed E-state index contributed by atoms with van der Waals surface area (Å²) in [6.45, 7) is 8.14. The van der Waals surface area contributed by atoms with Crippen LogP contribution < -0.4 is 10.6 Å². The van der Waals surface area contributed by atoms with Crippen molar-refractivity contribution in [1.29, 1.82) is 0 Å². The molecule has 1 aromatic heterocycles. The fraction of sp³-hybridized carbons (Fsp3) is 0.692. The first kappa shape index (κ1) is 13.5. The third-order valence-electron chi connectivity index (χ3n) is 2.98. The second-order valence-corrected chi connectivity index (χ2v) is 6.69. The molecule has 0 spiro atoms. The summed E-state index contributed by atoms with van der Waals surface area (Å²) in [6.07, 6.45) is 1.60. The van der Waals surface area contributed by atoms with Crippen LogP contribution >= 0.6 is 11.3 Å². The predicted octanol–water partition coefficient (Wildman–Crippen LogP) is 1.81. The molecule has 1 atom stereocenters. The number of hydrogen-bond acceptors (Lipinski definition) is 4. The summed E-state index contributed by atoms with van der Waals surface area (Å²) in [5, 5.41) is 9.60. The van der Waals surface area contributed by atoms with Crippen LogP contribution in [-0.4, -0.2) is 23.5 Å². The molecule has 1 amide bonds. The molecule has 1 saturated heterocycles. The number of carbonyl (C=O) groups excluding carboxylic acids is 1. The SMILES string of the molecule is CC(C)(C)c1nc(CNCC2CCC(=O)N2)cs1. The molecule has 2 heterocycles. The lowest BCUT2D eigenvalue weighted by atomic mass is 9.98. The molecule has 1 aliphatic heterocycles. The third-order valence-corrected chi connectivity index (χ3v) is 4.29. The smallest absolute Gasteiger partial charge is 0.220 e. The van der Waals surface area contributed by atoms with Gasteiger partial charge in [-0.3, -0.25) is 4.79 Å². The number of nitrogens with zero attached hydrogens (tertiary/aromatic N) is 1. The van der Waals surface area contributed by atoms with Crippen LogP contribution in [0.4, 0.5) is 0 Å². The molecule has 1 unspecified atom stereocenters. The van der Waals surface area contributed by atoms with E-state index in [1.807, 2.05) is 0 Å². The topological polar surface area (TPSA) is 54.0 Å². The average Bonchev–Trinajstić information content (AvgIpc) is 2.87. The minimum atomic E-state index is 0.127. The van der Waals surface area contributed by atoms with Crippen LogP contribution in [0.1, 0.15) is 44.3 Å². The molecule has 0 bridgehead atoms. The lowest BCUT2D eigenvalue weighted by Crippen LogP contribution is -2.35. The van der Waals surface area contributed by atoms with Crippen molar-refractivity contribution in [2.24, 2.45) is 0 Å². The maximum Gasteiger partial charge on any atom is 0.220 e. The first-order valence-corrected chi connectivity index (χ1v) is 7.28. The van der Waals surface area contributed by atoms with Gasteiger partial charge >= 0.3 is 0 Å². The summed E-state index contributed by atoms with van der Waals surface area (Å²) in [6, 6.07) is 0.290. The lowest BCUT2D eigenvalue weighted by Gasteiger charge is -2.13. The van der Waals surface area contributed by atoms with Crippen LogP contribution in [0.2, 0.25) is 0 Å². The Morgan fingerprint density at radius 3 is 2.89 bits per heavy atom. The molecule has 18 heavy (non-hydrogen) atoms. The molecule has 1 aromatic rings. The van der Waals surface area contributed by atoms with Gasteiger partial charge in [0.15, 0.2) is 0 Å². The van der Waals surface area contributed by atoms with E-state index in [4.69, 9.17) is 0 Å². The van der Waals surface area contributed by atoms with Gasteiger partial charge in [0.25, 0.3) is 0 Å². The number of rotatable bonds is 4. The van der Waals surface area contributed by atoms with Gasteiger partial charge in [-0.15, -0.1) is 11.3 Å². The van der Waals surface area contributed by atoms with Gasteiger partial charge in [-0.1, -0.05) is 20.8 Å². The number of carbonyl (C=O) groups is 1. The number of aromatic nitrogens is 1. The van der Waals surface area contributed by atoms with E-state index in [0.29, 0.717) is 12.5 Å². The molecule has 0 aliphatic carbocycles. The monoisotopic (exact) mass is 267 g/mol. The van der Waals surface area contributed by atoms with Crippen molar-refractivity contribution >= 4 is 17.2 Å². The molecule has 1 aliphatic rings. The van der Waals surface area contributed by atoms with E-state index in [1.54, 1.807) is 11.3 Å². The van der Waals surface area contributed by atoms with E-state index in [2.05, 4.69) is 41.8 Å². The van der Waals surface area contributed by atoms with E-state index in [0.717, 1.165) is 25.2 Å². The second-order valence-electron chi connectivity index (χ2n) is 5.83. The van der Waals surface area contributed by atoms with Crippen LogP contribution in [0.15, 0.2) is 5.38 Å². The molecular formula is C13H21N3OS. The summed E-state index contributed by atoms with van der Waals surface area (Å²) in [5.74, 6) is 0.172. The Labute approximate surface area is 112 Å². The molecule has 4 nitrogen and oxygen atoms in total. The van der Waals surface area contributed by atoms with Crippen molar-refractivity contribution < 1.29 is 4.79 Å². The Morgan fingerprint density at radius 2 is 2.33 bits per heavy atom. The molecule has 0 saturated carbocycles. The zero-order valence-electron chi connectivity index (χ0n) is 11.2. The summed E-state index contributed by atoms with van der Waals surface area (Å²) in [4.78, 5) is 15.7. The number of nitrogens with one attached hydrogen (secondary N) is 2. The predicted molar refractivity (Wildman–Crippen MR) is 73.7 cm³/mol. The summed E-state index contributed by atoms with van der Waals surface area (Å²) in [7, 11) is 0. The molecule has 5 heteroatoms. The van der Waals surface area contributed by atoms with Crippen LogP contribution in [0.25, 0.3) is 0 Å². The molecule has 0 aromatic carbocycles. The van der Waals surface area contributed by atoms with Crippen molar-refractivity contribution in [2.75, 3.05) is 6.54 Å². The van der Waals surface area contributed by atoms with Crippen LogP contribution in [0.5, 0.6) is 0 Å². The quantitative estimate of drug-likeness (QED) is 0.875. The fourth-order valence-corrected chi connectivity index (χ4v) is 2.84. The fourth-order valence-electron chi connectivity index (χ4n) is 1.94. The molecule has 2 N–H and O–H groups in total. The first-order chi connectivity index (χ1) is 8.45. The Bertz CT molecular complexity index is 422.